The average molecular weight is 413 g/mol. The van der Waals surface area contributed by atoms with Gasteiger partial charge in [-0.1, -0.05) is 62.4 Å². The van der Waals surface area contributed by atoms with E-state index in [2.05, 4.69) is 0 Å². The van der Waals surface area contributed by atoms with E-state index in [1.165, 1.54) is 51.0 Å². The van der Waals surface area contributed by atoms with Gasteiger partial charge in [-0.3, -0.25) is 4.79 Å². The number of ether oxygens (including phenoxy) is 2. The number of aliphatic hydroxyl groups is 1. The van der Waals surface area contributed by atoms with Gasteiger partial charge >= 0.3 is 0 Å². The van der Waals surface area contributed by atoms with Crippen molar-refractivity contribution in [1.29, 1.82) is 0 Å². The molecule has 3 fully saturated rings. The molecular formula is C26H36O4. The second kappa shape index (κ2) is 9.65. The van der Waals surface area contributed by atoms with Crippen LogP contribution in [-0.4, -0.2) is 36.8 Å². The fourth-order valence-corrected chi connectivity index (χ4v) is 6.53. The molecule has 1 aromatic carbocycles. The number of hydrogen-bond donors (Lipinski definition) is 1. The average Bonchev–Trinajstić information content (AvgIpc) is 3.18. The van der Waals surface area contributed by atoms with E-state index in [0.717, 1.165) is 25.9 Å². The molecule has 2 aliphatic carbocycles. The summed E-state index contributed by atoms with van der Waals surface area (Å²) in [5.74, 6) is 0.362. The van der Waals surface area contributed by atoms with E-state index in [0.29, 0.717) is 11.5 Å². The van der Waals surface area contributed by atoms with Crippen molar-refractivity contribution in [2.75, 3.05) is 13.7 Å². The van der Waals surface area contributed by atoms with Crippen molar-refractivity contribution in [3.05, 3.63) is 42.0 Å². The van der Waals surface area contributed by atoms with E-state index < -0.39 is 0 Å². The van der Waals surface area contributed by atoms with E-state index in [1.54, 1.807) is 7.11 Å². The van der Waals surface area contributed by atoms with Crippen LogP contribution in [0.15, 0.2) is 36.4 Å². The van der Waals surface area contributed by atoms with Crippen molar-refractivity contribution in [3.63, 3.8) is 0 Å². The minimum Gasteiger partial charge on any atom is -0.507 e. The molecule has 4 heteroatoms. The summed E-state index contributed by atoms with van der Waals surface area (Å²) >= 11 is 0. The predicted molar refractivity (Wildman–Crippen MR) is 118 cm³/mol. The van der Waals surface area contributed by atoms with Crippen molar-refractivity contribution in [2.24, 2.45) is 17.3 Å². The summed E-state index contributed by atoms with van der Waals surface area (Å²) in [6.45, 7) is 0.771. The molecule has 3 aliphatic rings. The second-order valence-corrected chi connectivity index (χ2v) is 9.40. The van der Waals surface area contributed by atoms with Crippen LogP contribution >= 0.6 is 0 Å². The lowest BCUT2D eigenvalue weighted by molar-refractivity contribution is -0.158. The van der Waals surface area contributed by atoms with Crippen molar-refractivity contribution in [1.82, 2.24) is 0 Å². The summed E-state index contributed by atoms with van der Waals surface area (Å²) in [5.41, 5.74) is 0.605. The highest BCUT2D eigenvalue weighted by atomic mass is 16.5. The zero-order chi connectivity index (χ0) is 21.0. The maximum atomic E-state index is 13.3. The van der Waals surface area contributed by atoms with Gasteiger partial charge < -0.3 is 14.6 Å². The lowest BCUT2D eigenvalue weighted by Gasteiger charge is -2.52. The van der Waals surface area contributed by atoms with Gasteiger partial charge in [0.05, 0.1) is 12.2 Å². The summed E-state index contributed by atoms with van der Waals surface area (Å²) in [7, 11) is 1.76. The Balaban J connectivity index is 1.61. The molecule has 1 heterocycles. The van der Waals surface area contributed by atoms with Crippen LogP contribution < -0.4 is 0 Å². The summed E-state index contributed by atoms with van der Waals surface area (Å²) in [6, 6.07) is 9.29. The molecule has 1 N–H and O–H groups in total. The zero-order valence-electron chi connectivity index (χ0n) is 18.2. The highest BCUT2D eigenvalue weighted by molar-refractivity contribution is 5.97. The quantitative estimate of drug-likeness (QED) is 0.497. The van der Waals surface area contributed by atoms with Crippen LogP contribution in [0.3, 0.4) is 0 Å². The molecule has 0 aromatic heterocycles. The van der Waals surface area contributed by atoms with Gasteiger partial charge in [0.2, 0.25) is 0 Å². The molecule has 4 atom stereocenters. The first-order valence-corrected chi connectivity index (χ1v) is 11.8. The Hall–Kier alpha value is -1.65. The molecule has 1 aromatic rings. The van der Waals surface area contributed by atoms with Crippen LogP contribution in [0.2, 0.25) is 0 Å². The maximum absolute atomic E-state index is 13.3. The third-order valence-electron chi connectivity index (χ3n) is 7.92. The van der Waals surface area contributed by atoms with Crippen molar-refractivity contribution >= 4 is 11.5 Å². The van der Waals surface area contributed by atoms with Gasteiger partial charge in [-0.2, -0.15) is 0 Å². The van der Waals surface area contributed by atoms with Gasteiger partial charge in [-0.15, -0.1) is 0 Å². The number of ketones is 1. The number of carbonyl (C=O) groups is 1. The van der Waals surface area contributed by atoms with Crippen LogP contribution in [0.5, 0.6) is 0 Å². The molecule has 30 heavy (non-hydrogen) atoms. The third kappa shape index (κ3) is 4.09. The Labute approximate surface area is 180 Å². The number of rotatable bonds is 5. The SMILES string of the molecule is COC1C(C(=O)/C=C(\O)c2ccccc2)CCC2OCCC21C1CCCCCCC1. The summed E-state index contributed by atoms with van der Waals surface area (Å²) in [5, 5.41) is 10.5. The fraction of sp³-hybridized carbons (Fsp3) is 0.654. The van der Waals surface area contributed by atoms with Crippen molar-refractivity contribution in [3.8, 4) is 0 Å². The molecule has 4 rings (SSSR count). The van der Waals surface area contributed by atoms with Gasteiger partial charge in [0.1, 0.15) is 5.76 Å². The lowest BCUT2D eigenvalue weighted by atomic mass is 9.56. The standard InChI is InChI=1S/C26H36O4/c1-29-25-21(23(28)18-22(27)19-10-6-5-7-11-19)14-15-24-26(25,16-17-30-24)20-12-8-3-2-4-9-13-20/h5-7,10-11,18,20-21,24-25,27H,2-4,8-9,12-17H2,1H3/b22-18-. The van der Waals surface area contributed by atoms with E-state index in [-0.39, 0.29) is 35.1 Å². The molecule has 1 aliphatic heterocycles. The summed E-state index contributed by atoms with van der Waals surface area (Å²) < 4.78 is 12.4. The monoisotopic (exact) mass is 412 g/mol. The van der Waals surface area contributed by atoms with Gasteiger partial charge in [-0.25, -0.2) is 0 Å². The Bertz CT molecular complexity index is 735. The van der Waals surface area contributed by atoms with Crippen molar-refractivity contribution in [2.45, 2.75) is 76.4 Å². The molecule has 164 valence electrons. The maximum Gasteiger partial charge on any atom is 0.165 e. The van der Waals surface area contributed by atoms with E-state index in [4.69, 9.17) is 9.47 Å². The Morgan fingerprint density at radius 2 is 1.77 bits per heavy atom. The molecule has 4 unspecified atom stereocenters. The fourth-order valence-electron chi connectivity index (χ4n) is 6.53. The molecule has 4 nitrogen and oxygen atoms in total. The van der Waals surface area contributed by atoms with Gasteiger partial charge in [-0.05, 0) is 38.0 Å². The lowest BCUT2D eigenvalue weighted by Crippen LogP contribution is -2.56. The van der Waals surface area contributed by atoms with Crippen LogP contribution in [0.1, 0.15) is 69.8 Å². The number of carbonyl (C=O) groups excluding carboxylic acids is 1. The molecular weight excluding hydrogens is 376 g/mol. The minimum atomic E-state index is -0.218. The van der Waals surface area contributed by atoms with Crippen LogP contribution in [-0.2, 0) is 14.3 Å². The summed E-state index contributed by atoms with van der Waals surface area (Å²) in [4.78, 5) is 13.3. The van der Waals surface area contributed by atoms with Crippen LogP contribution in [0.4, 0.5) is 0 Å². The third-order valence-corrected chi connectivity index (χ3v) is 7.92. The predicted octanol–water partition coefficient (Wildman–Crippen LogP) is 5.72. The highest BCUT2D eigenvalue weighted by Crippen LogP contribution is 2.56. The van der Waals surface area contributed by atoms with Crippen LogP contribution in [0, 0.1) is 17.3 Å². The first-order chi connectivity index (χ1) is 14.7. The second-order valence-electron chi connectivity index (χ2n) is 9.40. The number of aliphatic hydroxyl groups excluding tert-OH is 1. The molecule has 0 radical (unpaired) electrons. The molecule has 0 spiro atoms. The topological polar surface area (TPSA) is 55.8 Å². The first-order valence-electron chi connectivity index (χ1n) is 11.8. The van der Waals surface area contributed by atoms with Crippen molar-refractivity contribution < 1.29 is 19.4 Å². The number of methoxy groups -OCH3 is 1. The van der Waals surface area contributed by atoms with Gasteiger partial charge in [0, 0.05) is 36.7 Å². The Morgan fingerprint density at radius 3 is 2.47 bits per heavy atom. The largest absolute Gasteiger partial charge is 0.507 e. The highest BCUT2D eigenvalue weighted by Gasteiger charge is 2.59. The smallest absolute Gasteiger partial charge is 0.165 e. The summed E-state index contributed by atoms with van der Waals surface area (Å²) in [6.07, 6.45) is 13.1. The van der Waals surface area contributed by atoms with E-state index in [9.17, 15) is 9.90 Å². The molecule has 1 saturated heterocycles. The number of allylic oxidation sites excluding steroid dienone is 1. The normalized spacial score (nSPS) is 33.5. The van der Waals surface area contributed by atoms with Gasteiger partial charge in [0.15, 0.2) is 5.78 Å². The molecule has 0 bridgehead atoms. The zero-order valence-corrected chi connectivity index (χ0v) is 18.2. The van der Waals surface area contributed by atoms with E-state index >= 15 is 0 Å². The number of fused-ring (bicyclic) bond motifs is 1. The molecule has 2 saturated carbocycles. The Kier molecular flexibility index (Phi) is 6.94. The van der Waals surface area contributed by atoms with E-state index in [1.807, 2.05) is 30.3 Å². The molecule has 0 amide bonds. The van der Waals surface area contributed by atoms with Crippen LogP contribution in [0.25, 0.3) is 5.76 Å². The number of hydrogen-bond acceptors (Lipinski definition) is 4. The first kappa shape index (κ1) is 21.6. The Morgan fingerprint density at radius 1 is 1.07 bits per heavy atom. The minimum absolute atomic E-state index is 0.0150. The van der Waals surface area contributed by atoms with Gasteiger partial charge in [0.25, 0.3) is 0 Å². The number of benzene rings is 1.